The summed E-state index contributed by atoms with van der Waals surface area (Å²) in [4.78, 5) is 2.65. The minimum Gasteiger partial charge on any atom is -0.330 e. The van der Waals surface area contributed by atoms with Crippen molar-refractivity contribution in [2.45, 2.75) is 51.1 Å². The second-order valence-corrected chi connectivity index (χ2v) is 5.67. The maximum absolute atomic E-state index is 5.99. The highest BCUT2D eigenvalue weighted by Gasteiger charge is 2.26. The van der Waals surface area contributed by atoms with Gasteiger partial charge in [-0.05, 0) is 32.3 Å². The molecule has 1 aliphatic heterocycles. The Balaban J connectivity index is 2.05. The molecule has 1 aromatic carbocycles. The van der Waals surface area contributed by atoms with E-state index in [9.17, 15) is 0 Å². The van der Waals surface area contributed by atoms with E-state index in [0.29, 0.717) is 18.0 Å². The van der Waals surface area contributed by atoms with Crippen LogP contribution < -0.4 is 5.73 Å². The summed E-state index contributed by atoms with van der Waals surface area (Å²) in [5, 5.41) is 0. The van der Waals surface area contributed by atoms with Gasteiger partial charge in [-0.3, -0.25) is 4.90 Å². The summed E-state index contributed by atoms with van der Waals surface area (Å²) >= 11 is 0. The molecule has 1 saturated heterocycles. The smallest absolute Gasteiger partial charge is 0.00890 e. The minimum atomic E-state index is 0.467. The predicted octanol–water partition coefficient (Wildman–Crippen LogP) is 2.99. The monoisotopic (exact) mass is 246 g/mol. The Morgan fingerprint density at radius 2 is 1.78 bits per heavy atom. The Morgan fingerprint density at radius 1 is 1.17 bits per heavy atom. The molecule has 0 amide bonds. The molecule has 0 radical (unpaired) electrons. The SMILES string of the molecule is C[C@@H]1CCC[C@H](C)N1CC(CN)c1ccccc1. The number of benzene rings is 1. The molecule has 18 heavy (non-hydrogen) atoms. The summed E-state index contributed by atoms with van der Waals surface area (Å²) in [5.41, 5.74) is 7.37. The van der Waals surface area contributed by atoms with Gasteiger partial charge >= 0.3 is 0 Å². The average Bonchev–Trinajstić information content (AvgIpc) is 2.40. The van der Waals surface area contributed by atoms with Gasteiger partial charge in [-0.2, -0.15) is 0 Å². The lowest BCUT2D eigenvalue weighted by atomic mass is 9.93. The molecule has 0 saturated carbocycles. The zero-order valence-corrected chi connectivity index (χ0v) is 11.7. The van der Waals surface area contributed by atoms with Crippen LogP contribution in [0.15, 0.2) is 30.3 Å². The van der Waals surface area contributed by atoms with Crippen LogP contribution in [-0.2, 0) is 0 Å². The van der Waals surface area contributed by atoms with E-state index in [0.717, 1.165) is 13.1 Å². The first-order valence-electron chi connectivity index (χ1n) is 7.23. The van der Waals surface area contributed by atoms with Gasteiger partial charge in [0.25, 0.3) is 0 Å². The Bertz CT molecular complexity index is 339. The van der Waals surface area contributed by atoms with Gasteiger partial charge in [0.2, 0.25) is 0 Å². The van der Waals surface area contributed by atoms with E-state index < -0.39 is 0 Å². The largest absolute Gasteiger partial charge is 0.330 e. The first kappa shape index (κ1) is 13.6. The Kier molecular flexibility index (Phi) is 4.79. The molecule has 1 aromatic rings. The Hall–Kier alpha value is -0.860. The molecule has 0 spiro atoms. The molecule has 0 aliphatic carbocycles. The third kappa shape index (κ3) is 3.12. The maximum atomic E-state index is 5.99. The van der Waals surface area contributed by atoms with Gasteiger partial charge in [-0.1, -0.05) is 36.8 Å². The molecule has 1 fully saturated rings. The highest BCUT2D eigenvalue weighted by molar-refractivity contribution is 5.20. The number of likely N-dealkylation sites (tertiary alicyclic amines) is 1. The molecule has 2 heteroatoms. The van der Waals surface area contributed by atoms with Crippen molar-refractivity contribution in [2.75, 3.05) is 13.1 Å². The molecular weight excluding hydrogens is 220 g/mol. The van der Waals surface area contributed by atoms with Gasteiger partial charge in [0.1, 0.15) is 0 Å². The first-order chi connectivity index (χ1) is 8.72. The van der Waals surface area contributed by atoms with Crippen molar-refractivity contribution in [3.05, 3.63) is 35.9 Å². The number of hydrogen-bond acceptors (Lipinski definition) is 2. The summed E-state index contributed by atoms with van der Waals surface area (Å²) < 4.78 is 0. The van der Waals surface area contributed by atoms with Gasteiger partial charge < -0.3 is 5.73 Å². The molecule has 3 atom stereocenters. The van der Waals surface area contributed by atoms with Gasteiger partial charge in [-0.15, -0.1) is 0 Å². The zero-order chi connectivity index (χ0) is 13.0. The first-order valence-corrected chi connectivity index (χ1v) is 7.23. The Labute approximate surface area is 111 Å². The second kappa shape index (κ2) is 6.35. The maximum Gasteiger partial charge on any atom is 0.00890 e. The number of nitrogens with two attached hydrogens (primary N) is 1. The lowest BCUT2D eigenvalue weighted by Gasteiger charge is -2.41. The third-order valence-electron chi connectivity index (χ3n) is 4.36. The Morgan fingerprint density at radius 3 is 2.33 bits per heavy atom. The van der Waals surface area contributed by atoms with Crippen LogP contribution in [0.3, 0.4) is 0 Å². The van der Waals surface area contributed by atoms with Crippen molar-refractivity contribution in [3.8, 4) is 0 Å². The van der Waals surface area contributed by atoms with Crippen molar-refractivity contribution in [2.24, 2.45) is 5.73 Å². The highest BCUT2D eigenvalue weighted by Crippen LogP contribution is 2.26. The number of nitrogens with zero attached hydrogens (tertiary/aromatic N) is 1. The molecule has 1 aliphatic rings. The quantitative estimate of drug-likeness (QED) is 0.885. The molecule has 2 N–H and O–H groups in total. The van der Waals surface area contributed by atoms with E-state index in [1.54, 1.807) is 0 Å². The van der Waals surface area contributed by atoms with E-state index >= 15 is 0 Å². The van der Waals surface area contributed by atoms with Crippen LogP contribution in [0.25, 0.3) is 0 Å². The van der Waals surface area contributed by atoms with E-state index in [4.69, 9.17) is 5.73 Å². The van der Waals surface area contributed by atoms with E-state index in [1.807, 2.05) is 0 Å². The molecule has 1 unspecified atom stereocenters. The topological polar surface area (TPSA) is 29.3 Å². The van der Waals surface area contributed by atoms with Crippen molar-refractivity contribution in [1.29, 1.82) is 0 Å². The van der Waals surface area contributed by atoms with E-state index in [2.05, 4.69) is 49.1 Å². The fourth-order valence-corrected chi connectivity index (χ4v) is 3.13. The van der Waals surface area contributed by atoms with Gasteiger partial charge in [0.15, 0.2) is 0 Å². The van der Waals surface area contributed by atoms with Crippen molar-refractivity contribution < 1.29 is 0 Å². The number of hydrogen-bond donors (Lipinski definition) is 1. The van der Waals surface area contributed by atoms with Crippen molar-refractivity contribution >= 4 is 0 Å². The molecular formula is C16H26N2. The molecule has 0 bridgehead atoms. The summed E-state index contributed by atoms with van der Waals surface area (Å²) in [6, 6.07) is 12.1. The van der Waals surface area contributed by atoms with Crippen molar-refractivity contribution in [3.63, 3.8) is 0 Å². The van der Waals surface area contributed by atoms with E-state index in [1.165, 1.54) is 24.8 Å². The van der Waals surface area contributed by atoms with Crippen LogP contribution in [0.1, 0.15) is 44.6 Å². The highest BCUT2D eigenvalue weighted by atomic mass is 15.2. The molecule has 0 aromatic heterocycles. The summed E-state index contributed by atoms with van der Waals surface area (Å²) in [7, 11) is 0. The van der Waals surface area contributed by atoms with Gasteiger partial charge in [0.05, 0.1) is 0 Å². The van der Waals surface area contributed by atoms with Crippen LogP contribution in [0.4, 0.5) is 0 Å². The van der Waals surface area contributed by atoms with Gasteiger partial charge in [-0.25, -0.2) is 0 Å². The lowest BCUT2D eigenvalue weighted by Crippen LogP contribution is -2.46. The van der Waals surface area contributed by atoms with Crippen molar-refractivity contribution in [1.82, 2.24) is 4.90 Å². The molecule has 2 rings (SSSR count). The third-order valence-corrected chi connectivity index (χ3v) is 4.36. The standard InChI is InChI=1S/C16H26N2/c1-13-7-6-8-14(2)18(13)12-16(11-17)15-9-4-3-5-10-15/h3-5,9-10,13-14,16H,6-8,11-12,17H2,1-2H3/t13-,14+,16?. The molecule has 100 valence electrons. The van der Waals surface area contributed by atoms with Crippen LogP contribution in [0.5, 0.6) is 0 Å². The van der Waals surface area contributed by atoms with Gasteiger partial charge in [0, 0.05) is 31.1 Å². The van der Waals surface area contributed by atoms with Crippen LogP contribution in [-0.4, -0.2) is 30.1 Å². The number of piperidine rings is 1. The molecule has 1 heterocycles. The summed E-state index contributed by atoms with van der Waals surface area (Å²) in [6.45, 7) is 6.55. The minimum absolute atomic E-state index is 0.467. The van der Waals surface area contributed by atoms with E-state index in [-0.39, 0.29) is 0 Å². The average molecular weight is 246 g/mol. The lowest BCUT2D eigenvalue weighted by molar-refractivity contribution is 0.0963. The number of rotatable bonds is 4. The normalized spacial score (nSPS) is 27.1. The van der Waals surface area contributed by atoms with Crippen LogP contribution in [0, 0.1) is 0 Å². The fourth-order valence-electron chi connectivity index (χ4n) is 3.13. The summed E-state index contributed by atoms with van der Waals surface area (Å²) in [5.74, 6) is 0.467. The molecule has 2 nitrogen and oxygen atoms in total. The second-order valence-electron chi connectivity index (χ2n) is 5.67. The van der Waals surface area contributed by atoms with Crippen LogP contribution >= 0.6 is 0 Å². The fraction of sp³-hybridized carbons (Fsp3) is 0.625. The summed E-state index contributed by atoms with van der Waals surface area (Å²) in [6.07, 6.45) is 4.03. The predicted molar refractivity (Wildman–Crippen MR) is 77.7 cm³/mol. The van der Waals surface area contributed by atoms with Crippen LogP contribution in [0.2, 0.25) is 0 Å². The zero-order valence-electron chi connectivity index (χ0n) is 11.7.